The second-order valence-corrected chi connectivity index (χ2v) is 14.0. The van der Waals surface area contributed by atoms with Crippen molar-refractivity contribution in [3.8, 4) is 11.5 Å². The van der Waals surface area contributed by atoms with Gasteiger partial charge in [-0.05, 0) is 96.1 Å². The molecular weight excluding hydrogens is 803 g/mol. The average molecular weight is 837 g/mol. The molecule has 0 aromatic heterocycles. The van der Waals surface area contributed by atoms with E-state index in [1.165, 1.54) is 24.3 Å². The summed E-state index contributed by atoms with van der Waals surface area (Å²) >= 11 is 0. The third kappa shape index (κ3) is 11.7. The Labute approximate surface area is 324 Å². The van der Waals surface area contributed by atoms with Gasteiger partial charge in [0, 0.05) is 23.8 Å². The first-order chi connectivity index (χ1) is 25.2. The summed E-state index contributed by atoms with van der Waals surface area (Å²) in [5, 5.41) is 0. The SMILES string of the molecule is COc1ccc(C=Nc2ccccc2[N-]S(=O)(=O)c2ccccc2)cc1.COc1ccc(C=Nc2ccccc2[N-]S(=O)(=O)c2ccccc2)cc1.[Pd+2]. The number of methoxy groups -OCH3 is 2. The van der Waals surface area contributed by atoms with E-state index in [4.69, 9.17) is 9.47 Å². The monoisotopic (exact) mass is 836 g/mol. The Bertz CT molecular complexity index is 2170. The Morgan fingerprint density at radius 2 is 0.774 bits per heavy atom. The fourth-order valence-corrected chi connectivity index (χ4v) is 6.56. The predicted octanol–water partition coefficient (Wildman–Crippen LogP) is 9.68. The molecule has 10 nitrogen and oxygen atoms in total. The number of para-hydroxylation sites is 2. The Balaban J connectivity index is 0.000000232. The third-order valence-electron chi connectivity index (χ3n) is 7.22. The number of hydrogen-bond donors (Lipinski definition) is 0. The van der Waals surface area contributed by atoms with Crippen molar-refractivity contribution in [1.29, 1.82) is 0 Å². The zero-order valence-electron chi connectivity index (χ0n) is 28.5. The number of nitrogens with zero attached hydrogens (tertiary/aromatic N) is 4. The summed E-state index contributed by atoms with van der Waals surface area (Å²) in [6, 6.07) is 44.7. The van der Waals surface area contributed by atoms with Gasteiger partial charge in [0.05, 0.1) is 24.0 Å². The molecule has 0 unspecified atom stereocenters. The molecule has 0 N–H and O–H groups in total. The predicted molar refractivity (Wildman–Crippen MR) is 207 cm³/mol. The van der Waals surface area contributed by atoms with Crippen LogP contribution in [0.25, 0.3) is 9.44 Å². The molecule has 0 amide bonds. The van der Waals surface area contributed by atoms with Crippen molar-refractivity contribution in [1.82, 2.24) is 0 Å². The van der Waals surface area contributed by atoms with E-state index in [1.807, 2.05) is 48.5 Å². The number of sulfonamides is 2. The van der Waals surface area contributed by atoms with Crippen LogP contribution in [0.3, 0.4) is 0 Å². The number of rotatable bonds is 12. The molecule has 0 saturated carbocycles. The van der Waals surface area contributed by atoms with Crippen LogP contribution in [0, 0.1) is 0 Å². The summed E-state index contributed by atoms with van der Waals surface area (Å²) in [4.78, 5) is 9.07. The molecular formula is C40H34N4O6PdS2. The topological polar surface area (TPSA) is 140 Å². The number of ether oxygens (including phenoxy) is 2. The van der Waals surface area contributed by atoms with Gasteiger partial charge in [-0.2, -0.15) is 0 Å². The van der Waals surface area contributed by atoms with E-state index in [0.717, 1.165) is 22.6 Å². The summed E-state index contributed by atoms with van der Waals surface area (Å²) in [7, 11) is -4.38. The molecule has 6 aromatic carbocycles. The summed E-state index contributed by atoms with van der Waals surface area (Å²) in [5.41, 5.74) is 3.27. The van der Waals surface area contributed by atoms with Crippen molar-refractivity contribution < 1.29 is 46.7 Å². The number of aliphatic imine (C=N–C) groups is 2. The first kappa shape index (κ1) is 40.2. The molecule has 0 radical (unpaired) electrons. The Morgan fingerprint density at radius 3 is 1.11 bits per heavy atom. The maximum atomic E-state index is 12.5. The van der Waals surface area contributed by atoms with Gasteiger partial charge in [0.1, 0.15) is 31.5 Å². The molecule has 13 heteroatoms. The van der Waals surface area contributed by atoms with Gasteiger partial charge >= 0.3 is 20.4 Å². The van der Waals surface area contributed by atoms with Gasteiger partial charge < -0.3 is 18.9 Å². The molecule has 0 fully saturated rings. The maximum Gasteiger partial charge on any atom is 2.00 e. The van der Waals surface area contributed by atoms with Crippen molar-refractivity contribution in [2.75, 3.05) is 14.2 Å². The molecule has 53 heavy (non-hydrogen) atoms. The van der Waals surface area contributed by atoms with Gasteiger partial charge in [0.25, 0.3) is 0 Å². The second kappa shape index (κ2) is 19.3. The van der Waals surface area contributed by atoms with Crippen LogP contribution in [0.4, 0.5) is 22.7 Å². The van der Waals surface area contributed by atoms with Crippen LogP contribution >= 0.6 is 0 Å². The largest absolute Gasteiger partial charge is 2.00 e. The Morgan fingerprint density at radius 1 is 0.453 bits per heavy atom. The van der Waals surface area contributed by atoms with Gasteiger partial charge in [0.15, 0.2) is 0 Å². The fourth-order valence-electron chi connectivity index (χ4n) is 4.52. The first-order valence-electron chi connectivity index (χ1n) is 15.8. The van der Waals surface area contributed by atoms with Gasteiger partial charge in [-0.1, -0.05) is 72.8 Å². The number of benzene rings is 6. The number of hydrogen-bond acceptors (Lipinski definition) is 8. The summed E-state index contributed by atoms with van der Waals surface area (Å²) in [5.74, 6) is 1.51. The Kier molecular flexibility index (Phi) is 14.6. The molecule has 0 saturated heterocycles. The second-order valence-electron chi connectivity index (χ2n) is 10.8. The standard InChI is InChI=1S/2C20H17N2O3S.Pd/c2*1-25-17-13-11-16(12-14-17)15-21-19-9-5-6-10-20(19)22-26(23,24)18-7-3-2-4-8-18;/h2*2-15H,1H3;/q2*-1;+2. The van der Waals surface area contributed by atoms with Crippen LogP contribution in [-0.2, 0) is 40.5 Å². The van der Waals surface area contributed by atoms with Crippen LogP contribution in [0.15, 0.2) is 178 Å². The smallest absolute Gasteiger partial charge is 0.571 e. The molecule has 6 rings (SSSR count). The normalized spacial score (nSPS) is 11.2. The molecule has 0 heterocycles. The van der Waals surface area contributed by atoms with Crippen LogP contribution < -0.4 is 9.47 Å². The van der Waals surface area contributed by atoms with E-state index in [9.17, 15) is 16.8 Å². The minimum absolute atomic E-state index is 0. The van der Waals surface area contributed by atoms with Crippen LogP contribution in [-0.4, -0.2) is 43.5 Å². The van der Waals surface area contributed by atoms with Crippen molar-refractivity contribution in [3.05, 3.63) is 178 Å². The van der Waals surface area contributed by atoms with Crippen molar-refractivity contribution >= 4 is 55.2 Å². The molecule has 0 aliphatic rings. The van der Waals surface area contributed by atoms with Gasteiger partial charge in [-0.25, -0.2) is 16.8 Å². The third-order valence-corrected chi connectivity index (χ3v) is 9.83. The minimum Gasteiger partial charge on any atom is -0.571 e. The molecule has 0 aliphatic carbocycles. The van der Waals surface area contributed by atoms with E-state index in [2.05, 4.69) is 19.4 Å². The van der Waals surface area contributed by atoms with Crippen LogP contribution in [0.2, 0.25) is 0 Å². The van der Waals surface area contributed by atoms with E-state index < -0.39 is 20.0 Å². The van der Waals surface area contributed by atoms with E-state index in [-0.39, 0.29) is 30.2 Å². The zero-order valence-corrected chi connectivity index (χ0v) is 31.7. The van der Waals surface area contributed by atoms with Crippen molar-refractivity contribution in [3.63, 3.8) is 0 Å². The molecule has 6 aromatic rings. The summed E-state index contributed by atoms with van der Waals surface area (Å²) in [6.07, 6.45) is 3.31. The maximum absolute atomic E-state index is 12.5. The van der Waals surface area contributed by atoms with Gasteiger partial charge in [-0.15, -0.1) is 11.4 Å². The van der Waals surface area contributed by atoms with Crippen LogP contribution in [0.1, 0.15) is 11.1 Å². The van der Waals surface area contributed by atoms with Gasteiger partial charge in [0.2, 0.25) is 0 Å². The molecule has 0 spiro atoms. The van der Waals surface area contributed by atoms with E-state index >= 15 is 0 Å². The average Bonchev–Trinajstić information content (AvgIpc) is 3.18. The quantitative estimate of drug-likeness (QED) is 0.0889. The van der Waals surface area contributed by atoms with Crippen molar-refractivity contribution in [2.24, 2.45) is 9.98 Å². The molecule has 272 valence electrons. The fraction of sp³-hybridized carbons (Fsp3) is 0.0500. The van der Waals surface area contributed by atoms with E-state index in [1.54, 1.807) is 112 Å². The zero-order chi connectivity index (χ0) is 36.8. The first-order valence-corrected chi connectivity index (χ1v) is 18.7. The van der Waals surface area contributed by atoms with Crippen LogP contribution in [0.5, 0.6) is 11.5 Å². The summed E-state index contributed by atoms with van der Waals surface area (Å²) in [6.45, 7) is 0. The van der Waals surface area contributed by atoms with Gasteiger partial charge in [-0.3, -0.25) is 9.98 Å². The minimum atomic E-state index is -3.79. The molecule has 0 bridgehead atoms. The Hall–Kier alpha value is -5.58. The molecule has 0 atom stereocenters. The molecule has 0 aliphatic heterocycles. The summed E-state index contributed by atoms with van der Waals surface area (Å²) < 4.78 is 68.0. The van der Waals surface area contributed by atoms with E-state index in [0.29, 0.717) is 22.7 Å². The van der Waals surface area contributed by atoms with Crippen molar-refractivity contribution in [2.45, 2.75) is 9.79 Å².